The smallest absolute Gasteiger partial charge is 0.146 e. The van der Waals surface area contributed by atoms with Crippen LogP contribution in [0.2, 0.25) is 0 Å². The molecule has 0 N–H and O–H groups in total. The van der Waals surface area contributed by atoms with Crippen molar-refractivity contribution in [2.75, 3.05) is 7.11 Å². The lowest BCUT2D eigenvalue weighted by Gasteiger charge is -2.04. The van der Waals surface area contributed by atoms with Gasteiger partial charge < -0.3 is 4.74 Å². The van der Waals surface area contributed by atoms with Crippen LogP contribution in [0.25, 0.3) is 6.08 Å². The maximum atomic E-state index is 10.8. The minimum atomic E-state index is 0.260. The van der Waals surface area contributed by atoms with Crippen LogP contribution in [0.15, 0.2) is 29.8 Å². The summed E-state index contributed by atoms with van der Waals surface area (Å²) in [5.41, 5.74) is 3.01. The molecule has 0 aliphatic heterocycles. The summed E-state index contributed by atoms with van der Waals surface area (Å²) in [7, 11) is 1.68. The van der Waals surface area contributed by atoms with Gasteiger partial charge in [0.2, 0.25) is 0 Å². The van der Waals surface area contributed by atoms with Gasteiger partial charge in [-0.3, -0.25) is 4.79 Å². The molecule has 0 saturated heterocycles. The van der Waals surface area contributed by atoms with Gasteiger partial charge in [-0.25, -0.2) is 0 Å². The van der Waals surface area contributed by atoms with Crippen LogP contribution in [0, 0.1) is 5.92 Å². The molecule has 2 heteroatoms. The molecular formula is C14H18O2. The molecule has 86 valence electrons. The molecule has 0 radical (unpaired) electrons. The number of benzene rings is 1. The predicted molar refractivity (Wildman–Crippen MR) is 66.0 cm³/mol. The van der Waals surface area contributed by atoms with Gasteiger partial charge in [-0.05, 0) is 28.7 Å². The predicted octanol–water partition coefficient (Wildman–Crippen LogP) is 3.07. The molecule has 0 spiro atoms. The number of allylic oxidation sites excluding steroid dienone is 1. The largest absolute Gasteiger partial charge is 0.380 e. The third-order valence-electron chi connectivity index (χ3n) is 2.43. The summed E-state index contributed by atoms with van der Waals surface area (Å²) < 4.78 is 5.04. The van der Waals surface area contributed by atoms with Gasteiger partial charge in [0, 0.05) is 7.11 Å². The zero-order valence-electron chi connectivity index (χ0n) is 10.1. The van der Waals surface area contributed by atoms with Crippen molar-refractivity contribution in [3.63, 3.8) is 0 Å². The van der Waals surface area contributed by atoms with E-state index in [4.69, 9.17) is 4.74 Å². The Bertz CT molecular complexity index is 361. The average molecular weight is 218 g/mol. The van der Waals surface area contributed by atoms with E-state index in [1.807, 2.05) is 44.2 Å². The summed E-state index contributed by atoms with van der Waals surface area (Å²) in [6, 6.07) is 8.02. The number of rotatable bonds is 5. The highest BCUT2D eigenvalue weighted by atomic mass is 16.5. The Kier molecular flexibility index (Phi) is 4.93. The molecule has 0 aliphatic carbocycles. The highest BCUT2D eigenvalue weighted by Crippen LogP contribution is 2.13. The van der Waals surface area contributed by atoms with E-state index in [2.05, 4.69) is 0 Å². The number of carbonyl (C=O) groups is 1. The van der Waals surface area contributed by atoms with Gasteiger partial charge in [-0.1, -0.05) is 38.1 Å². The first-order valence-corrected chi connectivity index (χ1v) is 5.42. The van der Waals surface area contributed by atoms with E-state index >= 15 is 0 Å². The molecule has 0 bridgehead atoms. The van der Waals surface area contributed by atoms with Gasteiger partial charge in [0.15, 0.2) is 0 Å². The summed E-state index contributed by atoms with van der Waals surface area (Å²) in [6.45, 7) is 4.65. The highest BCUT2D eigenvalue weighted by Gasteiger charge is 2.01. The van der Waals surface area contributed by atoms with Crippen molar-refractivity contribution in [2.45, 2.75) is 20.5 Å². The Labute approximate surface area is 96.9 Å². The van der Waals surface area contributed by atoms with Crippen LogP contribution in [0.3, 0.4) is 0 Å². The average Bonchev–Trinajstić information content (AvgIpc) is 2.28. The van der Waals surface area contributed by atoms with Crippen LogP contribution in [0.1, 0.15) is 25.0 Å². The van der Waals surface area contributed by atoms with E-state index < -0.39 is 0 Å². The summed E-state index contributed by atoms with van der Waals surface area (Å²) >= 11 is 0. The van der Waals surface area contributed by atoms with Crippen molar-refractivity contribution in [2.24, 2.45) is 5.92 Å². The van der Waals surface area contributed by atoms with Crippen LogP contribution in [-0.4, -0.2) is 13.4 Å². The second kappa shape index (κ2) is 6.23. The van der Waals surface area contributed by atoms with Gasteiger partial charge in [0.25, 0.3) is 0 Å². The number of methoxy groups -OCH3 is 1. The molecule has 0 unspecified atom stereocenters. The Morgan fingerprint density at radius 3 is 2.38 bits per heavy atom. The van der Waals surface area contributed by atoms with Crippen molar-refractivity contribution >= 4 is 12.4 Å². The quantitative estimate of drug-likeness (QED) is 0.561. The topological polar surface area (TPSA) is 26.3 Å². The third-order valence-corrected chi connectivity index (χ3v) is 2.43. The van der Waals surface area contributed by atoms with Crippen LogP contribution in [0.4, 0.5) is 0 Å². The summed E-state index contributed by atoms with van der Waals surface area (Å²) in [5.74, 6) is 0.260. The molecule has 0 fully saturated rings. The van der Waals surface area contributed by atoms with Gasteiger partial charge in [0.1, 0.15) is 6.29 Å². The zero-order valence-corrected chi connectivity index (χ0v) is 10.1. The lowest BCUT2D eigenvalue weighted by Crippen LogP contribution is -1.95. The van der Waals surface area contributed by atoms with Crippen molar-refractivity contribution in [3.05, 3.63) is 41.0 Å². The van der Waals surface area contributed by atoms with Crippen LogP contribution < -0.4 is 0 Å². The summed E-state index contributed by atoms with van der Waals surface area (Å²) in [4.78, 5) is 10.8. The number of hydrogen-bond acceptors (Lipinski definition) is 2. The van der Waals surface area contributed by atoms with E-state index in [0.717, 1.165) is 23.0 Å². The highest BCUT2D eigenvalue weighted by molar-refractivity contribution is 5.82. The molecule has 2 nitrogen and oxygen atoms in total. The molecule has 0 saturated carbocycles. The second-order valence-corrected chi connectivity index (χ2v) is 4.09. The normalized spacial score (nSPS) is 11.9. The minimum absolute atomic E-state index is 0.260. The fourth-order valence-electron chi connectivity index (χ4n) is 1.41. The van der Waals surface area contributed by atoms with Gasteiger partial charge >= 0.3 is 0 Å². The Morgan fingerprint density at radius 2 is 1.94 bits per heavy atom. The van der Waals surface area contributed by atoms with E-state index in [0.29, 0.717) is 6.61 Å². The van der Waals surface area contributed by atoms with Crippen LogP contribution >= 0.6 is 0 Å². The molecule has 0 aliphatic rings. The molecule has 0 amide bonds. The maximum Gasteiger partial charge on any atom is 0.146 e. The maximum absolute atomic E-state index is 10.8. The second-order valence-electron chi connectivity index (χ2n) is 4.09. The molecule has 1 rings (SSSR count). The third kappa shape index (κ3) is 3.63. The Morgan fingerprint density at radius 1 is 1.31 bits per heavy atom. The number of hydrogen-bond donors (Lipinski definition) is 0. The fraction of sp³-hybridized carbons (Fsp3) is 0.357. The molecule has 0 aromatic heterocycles. The molecule has 16 heavy (non-hydrogen) atoms. The Hall–Kier alpha value is -1.41. The lowest BCUT2D eigenvalue weighted by molar-refractivity contribution is -0.105. The number of carbonyl (C=O) groups excluding carboxylic acids is 1. The number of ether oxygens (including phenoxy) is 1. The van der Waals surface area contributed by atoms with Crippen LogP contribution in [-0.2, 0) is 16.1 Å². The molecule has 1 aromatic carbocycles. The SMILES string of the molecule is COCc1ccc(C=C(C=O)C(C)C)cc1. The van der Waals surface area contributed by atoms with E-state index in [9.17, 15) is 4.79 Å². The van der Waals surface area contributed by atoms with E-state index in [-0.39, 0.29) is 5.92 Å². The van der Waals surface area contributed by atoms with Crippen molar-refractivity contribution < 1.29 is 9.53 Å². The van der Waals surface area contributed by atoms with Crippen LogP contribution in [0.5, 0.6) is 0 Å². The van der Waals surface area contributed by atoms with Gasteiger partial charge in [0.05, 0.1) is 6.61 Å². The first-order chi connectivity index (χ1) is 7.67. The molecule has 1 aromatic rings. The van der Waals surface area contributed by atoms with Crippen molar-refractivity contribution in [1.29, 1.82) is 0 Å². The van der Waals surface area contributed by atoms with E-state index in [1.54, 1.807) is 7.11 Å². The van der Waals surface area contributed by atoms with E-state index in [1.165, 1.54) is 0 Å². The molecular weight excluding hydrogens is 200 g/mol. The monoisotopic (exact) mass is 218 g/mol. The number of aldehydes is 1. The first kappa shape index (κ1) is 12.7. The summed E-state index contributed by atoms with van der Waals surface area (Å²) in [6.07, 6.45) is 2.85. The first-order valence-electron chi connectivity index (χ1n) is 5.42. The van der Waals surface area contributed by atoms with Gasteiger partial charge in [-0.15, -0.1) is 0 Å². The Balaban J connectivity index is 2.85. The summed E-state index contributed by atoms with van der Waals surface area (Å²) in [5, 5.41) is 0. The van der Waals surface area contributed by atoms with Crippen molar-refractivity contribution in [3.8, 4) is 0 Å². The standard InChI is InChI=1S/C14H18O2/c1-11(2)14(9-15)8-12-4-6-13(7-5-12)10-16-3/h4-9,11H,10H2,1-3H3. The fourth-order valence-corrected chi connectivity index (χ4v) is 1.41. The molecule has 0 atom stereocenters. The minimum Gasteiger partial charge on any atom is -0.380 e. The molecule has 0 heterocycles. The van der Waals surface area contributed by atoms with Crippen molar-refractivity contribution in [1.82, 2.24) is 0 Å². The zero-order chi connectivity index (χ0) is 12.0. The van der Waals surface area contributed by atoms with Gasteiger partial charge in [-0.2, -0.15) is 0 Å². The lowest BCUT2D eigenvalue weighted by atomic mass is 10.0.